The Hall–Kier alpha value is -3.22. The van der Waals surface area contributed by atoms with Crippen LogP contribution >= 0.6 is 0 Å². The molecule has 0 amide bonds. The molecule has 0 aromatic carbocycles. The van der Waals surface area contributed by atoms with E-state index in [9.17, 15) is 4.79 Å². The highest BCUT2D eigenvalue weighted by Gasteiger charge is 2.40. The zero-order valence-corrected chi connectivity index (χ0v) is 18.1. The van der Waals surface area contributed by atoms with Gasteiger partial charge < -0.3 is 14.0 Å². The highest BCUT2D eigenvalue weighted by Crippen LogP contribution is 2.47. The molecule has 0 aliphatic heterocycles. The molecule has 31 heavy (non-hydrogen) atoms. The lowest BCUT2D eigenvalue weighted by atomic mass is 10.1. The first-order chi connectivity index (χ1) is 15.0. The summed E-state index contributed by atoms with van der Waals surface area (Å²) in [5, 5.41) is 0. The largest absolute Gasteiger partial charge is 0.491 e. The number of hydrogen-bond donors (Lipinski definition) is 0. The molecule has 1 fully saturated rings. The van der Waals surface area contributed by atoms with Crippen molar-refractivity contribution in [3.8, 4) is 22.8 Å². The molecule has 0 radical (unpaired) electrons. The minimum atomic E-state index is -0.190. The van der Waals surface area contributed by atoms with Crippen molar-refractivity contribution in [3.05, 3.63) is 63.7 Å². The van der Waals surface area contributed by atoms with Gasteiger partial charge in [-0.2, -0.15) is 4.98 Å². The van der Waals surface area contributed by atoms with Gasteiger partial charge in [0.25, 0.3) is 5.56 Å². The molecule has 2 aliphatic carbocycles. The predicted octanol–water partition coefficient (Wildman–Crippen LogP) is 3.23. The van der Waals surface area contributed by atoms with Crippen molar-refractivity contribution >= 4 is 0 Å². The molecule has 2 atom stereocenters. The van der Waals surface area contributed by atoms with Gasteiger partial charge in [0.15, 0.2) is 5.75 Å². The van der Waals surface area contributed by atoms with Gasteiger partial charge in [0.2, 0.25) is 5.88 Å². The van der Waals surface area contributed by atoms with Crippen LogP contribution in [0.15, 0.2) is 35.4 Å². The van der Waals surface area contributed by atoms with Crippen LogP contribution < -0.4 is 15.0 Å². The molecule has 1 saturated carbocycles. The summed E-state index contributed by atoms with van der Waals surface area (Å²) in [6.45, 7) is 2.42. The summed E-state index contributed by atoms with van der Waals surface area (Å²) in [4.78, 5) is 25.9. The monoisotopic (exact) mass is 418 g/mol. The first-order valence-electron chi connectivity index (χ1n) is 10.7. The quantitative estimate of drug-likeness (QED) is 0.612. The predicted molar refractivity (Wildman–Crippen MR) is 117 cm³/mol. The Labute approximate surface area is 181 Å². The molecule has 0 bridgehead atoms. The first-order valence-corrected chi connectivity index (χ1v) is 10.7. The Bertz CT molecular complexity index is 1200. The van der Waals surface area contributed by atoms with Crippen molar-refractivity contribution in [2.75, 3.05) is 13.7 Å². The third-order valence-corrected chi connectivity index (χ3v) is 6.24. The lowest BCUT2D eigenvalue weighted by Gasteiger charge is -2.13. The molecular weight excluding hydrogens is 392 g/mol. The maximum Gasteiger partial charge on any atom is 0.292 e. The number of hydrogen-bond acceptors (Lipinski definition) is 6. The van der Waals surface area contributed by atoms with E-state index in [1.54, 1.807) is 25.5 Å². The van der Waals surface area contributed by atoms with Crippen LogP contribution in [0.5, 0.6) is 11.6 Å². The summed E-state index contributed by atoms with van der Waals surface area (Å²) >= 11 is 0. The van der Waals surface area contributed by atoms with Gasteiger partial charge in [-0.25, -0.2) is 4.98 Å². The molecule has 0 saturated heterocycles. The van der Waals surface area contributed by atoms with E-state index in [4.69, 9.17) is 14.5 Å². The van der Waals surface area contributed by atoms with Gasteiger partial charge in [-0.05, 0) is 50.3 Å². The van der Waals surface area contributed by atoms with Crippen LogP contribution in [0.2, 0.25) is 0 Å². The van der Waals surface area contributed by atoms with Crippen LogP contribution in [0.4, 0.5) is 0 Å². The number of fused-ring (bicyclic) bond motifs is 1. The zero-order chi connectivity index (χ0) is 21.5. The van der Waals surface area contributed by atoms with E-state index in [1.807, 2.05) is 6.92 Å². The van der Waals surface area contributed by atoms with E-state index in [1.165, 1.54) is 35.0 Å². The fraction of sp³-hybridized carbons (Fsp3) is 0.417. The van der Waals surface area contributed by atoms with Crippen molar-refractivity contribution in [3.63, 3.8) is 0 Å². The summed E-state index contributed by atoms with van der Waals surface area (Å²) in [5.41, 5.74) is 5.21. The van der Waals surface area contributed by atoms with E-state index in [-0.39, 0.29) is 11.3 Å². The van der Waals surface area contributed by atoms with Gasteiger partial charge in [0.1, 0.15) is 5.82 Å². The Morgan fingerprint density at radius 2 is 2.10 bits per heavy atom. The lowest BCUT2D eigenvalue weighted by molar-refractivity contribution is 0.285. The second-order valence-electron chi connectivity index (χ2n) is 8.46. The Morgan fingerprint density at radius 3 is 2.94 bits per heavy atom. The summed E-state index contributed by atoms with van der Waals surface area (Å²) in [7, 11) is 3.19. The maximum absolute atomic E-state index is 12.2. The van der Waals surface area contributed by atoms with Crippen LogP contribution in [-0.4, -0.2) is 33.2 Å². The molecule has 5 rings (SSSR count). The lowest BCUT2D eigenvalue weighted by Crippen LogP contribution is -2.18. The molecule has 0 unspecified atom stereocenters. The molecular formula is C24H26N4O3. The average molecular weight is 418 g/mol. The third-order valence-electron chi connectivity index (χ3n) is 6.24. The highest BCUT2D eigenvalue weighted by molar-refractivity contribution is 5.68. The number of rotatable bonds is 6. The Morgan fingerprint density at radius 1 is 1.23 bits per heavy atom. The van der Waals surface area contributed by atoms with E-state index >= 15 is 0 Å². The summed E-state index contributed by atoms with van der Waals surface area (Å²) in [6, 6.07) is 6.14. The van der Waals surface area contributed by atoms with Crippen molar-refractivity contribution in [2.45, 2.75) is 38.5 Å². The molecule has 0 N–H and O–H groups in total. The van der Waals surface area contributed by atoms with Crippen molar-refractivity contribution < 1.29 is 9.47 Å². The van der Waals surface area contributed by atoms with Crippen molar-refractivity contribution in [1.29, 1.82) is 0 Å². The first kappa shape index (κ1) is 19.7. The van der Waals surface area contributed by atoms with E-state index < -0.39 is 0 Å². The van der Waals surface area contributed by atoms with E-state index in [0.717, 1.165) is 30.4 Å². The normalized spacial score (nSPS) is 19.2. The highest BCUT2D eigenvalue weighted by atomic mass is 16.5. The Kier molecular flexibility index (Phi) is 4.96. The van der Waals surface area contributed by atoms with E-state index in [2.05, 4.69) is 22.1 Å². The van der Waals surface area contributed by atoms with Crippen molar-refractivity contribution in [1.82, 2.24) is 19.5 Å². The fourth-order valence-corrected chi connectivity index (χ4v) is 4.36. The maximum atomic E-state index is 12.2. The SMILES string of the molecule is COc1cc(-c2cnc(C)nc2OC[C@H]2C[C@@H]2c2ccc3c(n2)CCC3)cn(C)c1=O. The molecule has 7 nitrogen and oxygen atoms in total. The molecule has 3 aromatic rings. The molecule has 3 heterocycles. The average Bonchev–Trinajstić information content (AvgIpc) is 3.40. The van der Waals surface area contributed by atoms with Crippen LogP contribution in [0.3, 0.4) is 0 Å². The van der Waals surface area contributed by atoms with Crippen molar-refractivity contribution in [2.24, 2.45) is 13.0 Å². The van der Waals surface area contributed by atoms with Crippen LogP contribution in [-0.2, 0) is 19.9 Å². The Balaban J connectivity index is 1.34. The molecule has 7 heteroatoms. The number of aryl methyl sites for hydroxylation is 4. The fourth-order valence-electron chi connectivity index (χ4n) is 4.36. The van der Waals surface area contributed by atoms with Gasteiger partial charge in [0, 0.05) is 48.2 Å². The second-order valence-corrected chi connectivity index (χ2v) is 8.46. The van der Waals surface area contributed by atoms with Gasteiger partial charge in [-0.3, -0.25) is 9.78 Å². The van der Waals surface area contributed by atoms with E-state index in [0.29, 0.717) is 30.1 Å². The van der Waals surface area contributed by atoms with Gasteiger partial charge in [-0.1, -0.05) is 6.07 Å². The number of nitrogens with zero attached hydrogens (tertiary/aromatic N) is 4. The topological polar surface area (TPSA) is 79.1 Å². The number of ether oxygens (including phenoxy) is 2. The third kappa shape index (κ3) is 3.80. The summed E-state index contributed by atoms with van der Waals surface area (Å²) in [6.07, 6.45) is 8.05. The smallest absolute Gasteiger partial charge is 0.292 e. The standard InChI is InChI=1S/C24H26N4O3/c1-14-25-11-19(16-10-22(30-3)24(29)28(2)12-16)23(26-14)31-13-17-9-18(17)21-8-7-15-5-4-6-20(15)27-21/h7-8,10-12,17-18H,4-6,9,13H2,1-3H3/t17-,18+/m1/s1. The minimum Gasteiger partial charge on any atom is -0.491 e. The number of methoxy groups -OCH3 is 1. The van der Waals surface area contributed by atoms with Gasteiger partial charge >= 0.3 is 0 Å². The van der Waals surface area contributed by atoms with Crippen LogP contribution in [0.25, 0.3) is 11.1 Å². The van der Waals surface area contributed by atoms with Crippen LogP contribution in [0, 0.1) is 12.8 Å². The van der Waals surface area contributed by atoms with Gasteiger partial charge in [0.05, 0.1) is 19.3 Å². The molecule has 160 valence electrons. The minimum absolute atomic E-state index is 0.190. The number of aromatic nitrogens is 4. The summed E-state index contributed by atoms with van der Waals surface area (Å²) in [5.74, 6) is 2.33. The van der Waals surface area contributed by atoms with Gasteiger partial charge in [-0.15, -0.1) is 0 Å². The van der Waals surface area contributed by atoms with Crippen LogP contribution in [0.1, 0.15) is 41.5 Å². The summed E-state index contributed by atoms with van der Waals surface area (Å²) < 4.78 is 12.9. The number of pyridine rings is 2. The molecule has 2 aliphatic rings. The molecule has 0 spiro atoms. The molecule has 3 aromatic heterocycles. The zero-order valence-electron chi connectivity index (χ0n) is 18.1. The second kappa shape index (κ2) is 7.80.